The second kappa shape index (κ2) is 3.69. The molecule has 0 radical (unpaired) electrons. The second-order valence-electron chi connectivity index (χ2n) is 2.75. The molecule has 0 aromatic heterocycles. The van der Waals surface area contributed by atoms with Gasteiger partial charge in [-0.2, -0.15) is 4.59 Å². The Morgan fingerprint density at radius 3 is 2.36 bits per heavy atom. The van der Waals surface area contributed by atoms with Crippen LogP contribution in [0.1, 0.15) is 6.92 Å². The fourth-order valence-electron chi connectivity index (χ4n) is 0.721. The van der Waals surface area contributed by atoms with Crippen LogP contribution >= 0.6 is 11.6 Å². The van der Waals surface area contributed by atoms with Gasteiger partial charge < -0.3 is 5.11 Å². The van der Waals surface area contributed by atoms with E-state index in [1.54, 1.807) is 14.1 Å². The van der Waals surface area contributed by atoms with Crippen LogP contribution < -0.4 is 5.11 Å². The van der Waals surface area contributed by atoms with Crippen LogP contribution in [-0.4, -0.2) is 36.4 Å². The van der Waals surface area contributed by atoms with E-state index < -0.39 is 5.24 Å². The van der Waals surface area contributed by atoms with Crippen molar-refractivity contribution in [1.29, 1.82) is 0 Å². The first-order chi connectivity index (χ1) is 4.83. The Hall–Kier alpha value is -0.610. The Labute approximate surface area is 70.7 Å². The van der Waals surface area contributed by atoms with Crippen LogP contribution in [0.15, 0.2) is 5.10 Å². The first-order valence-electron chi connectivity index (χ1n) is 3.09. The summed E-state index contributed by atoms with van der Waals surface area (Å²) in [6, 6.07) is 0. The first-order valence-corrected chi connectivity index (χ1v) is 3.46. The molecule has 4 nitrogen and oxygen atoms in total. The molecule has 0 aliphatic rings. The van der Waals surface area contributed by atoms with Gasteiger partial charge in [-0.25, -0.2) is 0 Å². The normalized spacial score (nSPS) is 13.3. The van der Waals surface area contributed by atoms with Crippen molar-refractivity contribution in [3.05, 3.63) is 0 Å². The largest absolute Gasteiger partial charge is 0.858 e. The highest BCUT2D eigenvalue weighted by molar-refractivity contribution is 6.63. The van der Waals surface area contributed by atoms with E-state index in [0.717, 1.165) is 0 Å². The van der Waals surface area contributed by atoms with Crippen LogP contribution in [0, 0.1) is 0 Å². The maximum atomic E-state index is 10.5. The molecular formula is C6H11ClN2O2. The summed E-state index contributed by atoms with van der Waals surface area (Å²) in [5, 5.41) is 13.6. The van der Waals surface area contributed by atoms with Crippen LogP contribution in [-0.2, 0) is 4.79 Å². The van der Waals surface area contributed by atoms with E-state index in [-0.39, 0.29) is 17.0 Å². The van der Waals surface area contributed by atoms with E-state index in [0.29, 0.717) is 0 Å². The molecule has 0 atom stereocenters. The molecule has 0 aliphatic heterocycles. The lowest BCUT2D eigenvalue weighted by molar-refractivity contribution is -0.889. The Bertz CT molecular complexity index is 185. The zero-order valence-corrected chi connectivity index (χ0v) is 7.55. The molecule has 0 fully saturated rings. The molecule has 0 saturated heterocycles. The molecular weight excluding hydrogens is 168 g/mol. The molecule has 5 heteroatoms. The fourth-order valence-corrected chi connectivity index (χ4v) is 1.01. The highest BCUT2D eigenvalue weighted by Gasteiger charge is 2.16. The lowest BCUT2D eigenvalue weighted by Gasteiger charge is -2.22. The number of hydrogen-bond donors (Lipinski definition) is 0. The Kier molecular flexibility index (Phi) is 3.48. The van der Waals surface area contributed by atoms with E-state index in [1.807, 2.05) is 0 Å². The third-order valence-corrected chi connectivity index (χ3v) is 1.04. The van der Waals surface area contributed by atoms with Crippen molar-refractivity contribution in [2.24, 2.45) is 5.10 Å². The summed E-state index contributed by atoms with van der Waals surface area (Å²) >= 11 is 5.12. The topological polar surface area (TPSA) is 52.5 Å². The standard InChI is InChI=1S/C6H11ClN2O2/c1-5(10)8-9(2,3)4-6(7)11/h4H2,1-3H3. The lowest BCUT2D eigenvalue weighted by Crippen LogP contribution is -2.39. The maximum Gasteiger partial charge on any atom is 0.278 e. The molecule has 64 valence electrons. The monoisotopic (exact) mass is 178 g/mol. The Balaban J connectivity index is 4.22. The van der Waals surface area contributed by atoms with Crippen LogP contribution in [0.4, 0.5) is 0 Å². The quantitative estimate of drug-likeness (QED) is 0.193. The van der Waals surface area contributed by atoms with E-state index in [2.05, 4.69) is 5.10 Å². The van der Waals surface area contributed by atoms with Crippen LogP contribution in [0.5, 0.6) is 0 Å². The number of halogens is 1. The summed E-state index contributed by atoms with van der Waals surface area (Å²) in [5.41, 5.74) is 0. The predicted octanol–water partition coefficient (Wildman–Crippen LogP) is -0.478. The molecule has 0 aromatic carbocycles. The minimum atomic E-state index is -0.500. The summed E-state index contributed by atoms with van der Waals surface area (Å²) in [5.74, 6) is -0.312. The summed E-state index contributed by atoms with van der Waals surface area (Å²) in [4.78, 5) is 10.4. The van der Waals surface area contributed by atoms with Gasteiger partial charge in [0.1, 0.15) is 0 Å². The molecule has 11 heavy (non-hydrogen) atoms. The number of likely N-dealkylation sites (N-methyl/N-ethyl adjacent to an activating group) is 1. The van der Waals surface area contributed by atoms with Gasteiger partial charge in [-0.3, -0.25) is 4.79 Å². The van der Waals surface area contributed by atoms with Crippen molar-refractivity contribution in [2.45, 2.75) is 6.92 Å². The zero-order chi connectivity index (χ0) is 9.07. The Morgan fingerprint density at radius 1 is 1.64 bits per heavy atom. The third-order valence-electron chi connectivity index (χ3n) is 0.923. The van der Waals surface area contributed by atoms with E-state index in [4.69, 9.17) is 11.6 Å². The van der Waals surface area contributed by atoms with Gasteiger partial charge in [0.25, 0.3) is 5.24 Å². The van der Waals surface area contributed by atoms with Crippen molar-refractivity contribution in [1.82, 2.24) is 0 Å². The smallest absolute Gasteiger partial charge is 0.278 e. The molecule has 0 aromatic rings. The first kappa shape index (κ1) is 10.4. The molecule has 0 rings (SSSR count). The van der Waals surface area contributed by atoms with E-state index in [9.17, 15) is 9.90 Å². The van der Waals surface area contributed by atoms with E-state index >= 15 is 0 Å². The summed E-state index contributed by atoms with van der Waals surface area (Å²) in [7, 11) is 3.25. The second-order valence-corrected chi connectivity index (χ2v) is 3.17. The number of carbonyl (C=O) groups excluding carboxylic acids is 1. The number of quaternary nitrogens is 1. The fraction of sp³-hybridized carbons (Fsp3) is 0.667. The summed E-state index contributed by atoms with van der Waals surface area (Å²) in [6.45, 7) is 1.36. The third kappa shape index (κ3) is 5.82. The average Bonchev–Trinajstić information content (AvgIpc) is 1.53. The van der Waals surface area contributed by atoms with Crippen molar-refractivity contribution in [3.8, 4) is 0 Å². The minimum absolute atomic E-state index is 0.0289. The van der Waals surface area contributed by atoms with Crippen molar-refractivity contribution < 1.29 is 14.5 Å². The predicted molar refractivity (Wildman–Crippen MR) is 40.9 cm³/mol. The molecule has 0 heterocycles. The molecule has 0 saturated carbocycles. The average molecular weight is 179 g/mol. The molecule has 0 bridgehead atoms. The Morgan fingerprint density at radius 2 is 2.09 bits per heavy atom. The van der Waals surface area contributed by atoms with Gasteiger partial charge in [-0.1, -0.05) is 0 Å². The van der Waals surface area contributed by atoms with Gasteiger partial charge in [0, 0.05) is 5.90 Å². The minimum Gasteiger partial charge on any atom is -0.858 e. The number of rotatable bonds is 3. The highest BCUT2D eigenvalue weighted by atomic mass is 35.5. The van der Waals surface area contributed by atoms with Crippen molar-refractivity contribution in [3.63, 3.8) is 0 Å². The summed E-state index contributed by atoms with van der Waals surface area (Å²) < 4.78 is -0.0440. The maximum absolute atomic E-state index is 10.5. The van der Waals surface area contributed by atoms with Crippen LogP contribution in [0.3, 0.4) is 0 Å². The van der Waals surface area contributed by atoms with Gasteiger partial charge in [0.15, 0.2) is 6.54 Å². The highest BCUT2D eigenvalue weighted by Crippen LogP contribution is 1.99. The molecule has 0 N–H and O–H groups in total. The molecule has 0 aliphatic carbocycles. The van der Waals surface area contributed by atoms with Crippen molar-refractivity contribution in [2.75, 3.05) is 20.6 Å². The molecule has 0 unspecified atom stereocenters. The van der Waals surface area contributed by atoms with Gasteiger partial charge in [-0.05, 0) is 18.5 Å². The molecule has 0 spiro atoms. The van der Waals surface area contributed by atoms with E-state index in [1.165, 1.54) is 6.92 Å². The van der Waals surface area contributed by atoms with Crippen LogP contribution in [0.25, 0.3) is 0 Å². The van der Waals surface area contributed by atoms with Crippen molar-refractivity contribution >= 4 is 22.7 Å². The number of hydrogen-bond acceptors (Lipinski definition) is 3. The van der Waals surface area contributed by atoms with Crippen LogP contribution in [0.2, 0.25) is 0 Å². The van der Waals surface area contributed by atoms with Gasteiger partial charge in [0.05, 0.1) is 14.1 Å². The van der Waals surface area contributed by atoms with Gasteiger partial charge in [0.2, 0.25) is 0 Å². The summed E-state index contributed by atoms with van der Waals surface area (Å²) in [6.07, 6.45) is 0. The van der Waals surface area contributed by atoms with Gasteiger partial charge >= 0.3 is 0 Å². The SMILES string of the molecule is C/C([O-])=N/[N+](C)(C)CC(=O)Cl. The number of nitrogens with zero attached hydrogens (tertiary/aromatic N) is 2. The lowest BCUT2D eigenvalue weighted by atomic mass is 10.6. The molecule has 0 amide bonds. The van der Waals surface area contributed by atoms with Gasteiger partial charge in [-0.15, -0.1) is 5.10 Å². The zero-order valence-electron chi connectivity index (χ0n) is 6.80. The number of carbonyl (C=O) groups is 1.